The molecule has 0 bridgehead atoms. The molecule has 9 heteroatoms. The number of aromatic nitrogens is 1. The smallest absolute Gasteiger partial charge is 0.323 e. The summed E-state index contributed by atoms with van der Waals surface area (Å²) < 4.78 is 1.33. The van der Waals surface area contributed by atoms with Crippen LogP contribution in [0.3, 0.4) is 0 Å². The number of benzene rings is 1. The van der Waals surface area contributed by atoms with Crippen molar-refractivity contribution in [3.05, 3.63) is 56.3 Å². The van der Waals surface area contributed by atoms with E-state index in [1.807, 2.05) is 0 Å². The number of rotatable bonds is 4. The lowest BCUT2D eigenvalue weighted by atomic mass is 10.2. The highest BCUT2D eigenvalue weighted by atomic mass is 32.1. The van der Waals surface area contributed by atoms with Gasteiger partial charge < -0.3 is 9.67 Å². The zero-order valence-corrected chi connectivity index (χ0v) is 11.3. The minimum atomic E-state index is -1.04. The topological polar surface area (TPSA) is 115 Å². The Morgan fingerprint density at radius 1 is 1.33 bits per heavy atom. The Kier molecular flexibility index (Phi) is 4.24. The van der Waals surface area contributed by atoms with Crippen molar-refractivity contribution in [3.63, 3.8) is 0 Å². The van der Waals surface area contributed by atoms with Crippen LogP contribution in [0.2, 0.25) is 0 Å². The van der Waals surface area contributed by atoms with Crippen LogP contribution < -0.4 is 4.80 Å². The second-order valence-corrected chi connectivity index (χ2v) is 4.80. The minimum absolute atomic E-state index is 0.122. The van der Waals surface area contributed by atoms with Gasteiger partial charge in [-0.1, -0.05) is 0 Å². The number of carbonyl (C=O) groups excluding carboxylic acids is 1. The standard InChI is InChI=1S/C12H9N3O5S/c16-10(17)7-14-5-6-21-12(14)13-11(18)8-1-3-9(4-2-8)15(19)20/h1-6H,7H2,(H,16,17). The first-order chi connectivity index (χ1) is 9.97. The van der Waals surface area contributed by atoms with Gasteiger partial charge in [0, 0.05) is 29.3 Å². The lowest BCUT2D eigenvalue weighted by molar-refractivity contribution is -0.384. The molecule has 0 aliphatic rings. The third kappa shape index (κ3) is 3.60. The number of carboxylic acids is 1. The molecule has 8 nitrogen and oxygen atoms in total. The Bertz CT molecular complexity index is 760. The normalized spacial score (nSPS) is 11.3. The molecule has 1 aromatic carbocycles. The van der Waals surface area contributed by atoms with Gasteiger partial charge in [0.25, 0.3) is 11.6 Å². The van der Waals surface area contributed by atoms with E-state index < -0.39 is 16.8 Å². The van der Waals surface area contributed by atoms with Crippen molar-refractivity contribution in [1.82, 2.24) is 4.57 Å². The van der Waals surface area contributed by atoms with Gasteiger partial charge >= 0.3 is 5.97 Å². The summed E-state index contributed by atoms with van der Waals surface area (Å²) in [5.74, 6) is -1.64. The van der Waals surface area contributed by atoms with Gasteiger partial charge in [-0.3, -0.25) is 19.7 Å². The Balaban J connectivity index is 2.28. The number of nitrogens with zero attached hydrogens (tertiary/aromatic N) is 3. The Labute approximate surface area is 121 Å². The number of nitro groups is 1. The monoisotopic (exact) mass is 307 g/mol. The van der Waals surface area contributed by atoms with Crippen LogP contribution in [0.15, 0.2) is 40.8 Å². The molecule has 0 fully saturated rings. The molecule has 0 atom stereocenters. The Morgan fingerprint density at radius 3 is 2.57 bits per heavy atom. The number of carboxylic acid groups (broad SMARTS) is 1. The zero-order valence-electron chi connectivity index (χ0n) is 10.5. The van der Waals surface area contributed by atoms with Crippen molar-refractivity contribution in [2.75, 3.05) is 0 Å². The van der Waals surface area contributed by atoms with Crippen molar-refractivity contribution in [2.45, 2.75) is 6.54 Å². The fraction of sp³-hybridized carbons (Fsp3) is 0.0833. The first kappa shape index (κ1) is 14.6. The fourth-order valence-corrected chi connectivity index (χ4v) is 2.26. The van der Waals surface area contributed by atoms with Crippen LogP contribution in [0.5, 0.6) is 0 Å². The van der Waals surface area contributed by atoms with Gasteiger partial charge in [-0.05, 0) is 12.1 Å². The third-order valence-electron chi connectivity index (χ3n) is 2.49. The quantitative estimate of drug-likeness (QED) is 0.675. The maximum absolute atomic E-state index is 11.9. The third-order valence-corrected chi connectivity index (χ3v) is 3.28. The number of amides is 1. The molecule has 0 unspecified atom stereocenters. The number of hydrogen-bond donors (Lipinski definition) is 1. The number of hydrogen-bond acceptors (Lipinski definition) is 5. The summed E-state index contributed by atoms with van der Waals surface area (Å²) >= 11 is 1.13. The molecule has 2 aromatic rings. The van der Waals surface area contributed by atoms with Crippen molar-refractivity contribution in [3.8, 4) is 0 Å². The van der Waals surface area contributed by atoms with Gasteiger partial charge in [0.1, 0.15) is 6.54 Å². The van der Waals surface area contributed by atoms with Crippen molar-refractivity contribution in [1.29, 1.82) is 0 Å². The van der Waals surface area contributed by atoms with E-state index in [0.717, 1.165) is 11.3 Å². The minimum Gasteiger partial charge on any atom is -0.480 e. The van der Waals surface area contributed by atoms with E-state index in [0.29, 0.717) is 0 Å². The lowest BCUT2D eigenvalue weighted by Gasteiger charge is -1.98. The van der Waals surface area contributed by atoms with Crippen LogP contribution in [-0.4, -0.2) is 26.5 Å². The van der Waals surface area contributed by atoms with Gasteiger partial charge in [-0.25, -0.2) is 0 Å². The fourth-order valence-electron chi connectivity index (χ4n) is 1.53. The summed E-state index contributed by atoms with van der Waals surface area (Å²) in [5, 5.41) is 20.9. The zero-order chi connectivity index (χ0) is 15.4. The maximum atomic E-state index is 11.9. The molecule has 0 aliphatic carbocycles. The maximum Gasteiger partial charge on any atom is 0.323 e. The SMILES string of the molecule is O=C(O)Cn1ccsc1=NC(=O)c1ccc([N+](=O)[O-])cc1. The molecule has 0 radical (unpaired) electrons. The van der Waals surface area contributed by atoms with Crippen LogP contribution >= 0.6 is 11.3 Å². The molecule has 2 rings (SSSR count). The molecule has 1 heterocycles. The van der Waals surface area contributed by atoms with Gasteiger partial charge in [-0.15, -0.1) is 11.3 Å². The number of non-ortho nitro benzene ring substituents is 1. The molecule has 21 heavy (non-hydrogen) atoms. The molecule has 0 spiro atoms. The lowest BCUT2D eigenvalue weighted by Crippen LogP contribution is -2.20. The molecule has 0 aliphatic heterocycles. The molecule has 1 N–H and O–H groups in total. The van der Waals surface area contributed by atoms with E-state index in [1.165, 1.54) is 35.0 Å². The number of thiazole rings is 1. The highest BCUT2D eigenvalue weighted by molar-refractivity contribution is 7.07. The highest BCUT2D eigenvalue weighted by Crippen LogP contribution is 2.12. The number of aliphatic carboxylic acids is 1. The molecule has 0 saturated carbocycles. The molecule has 0 saturated heterocycles. The molecule has 1 aromatic heterocycles. The van der Waals surface area contributed by atoms with Crippen LogP contribution in [0.1, 0.15) is 10.4 Å². The average molecular weight is 307 g/mol. The van der Waals surface area contributed by atoms with E-state index in [4.69, 9.17) is 5.11 Å². The van der Waals surface area contributed by atoms with Crippen molar-refractivity contribution in [2.24, 2.45) is 4.99 Å². The van der Waals surface area contributed by atoms with Crippen LogP contribution in [0, 0.1) is 10.1 Å². The largest absolute Gasteiger partial charge is 0.480 e. The van der Waals surface area contributed by atoms with Gasteiger partial charge in [0.15, 0.2) is 4.80 Å². The summed E-state index contributed by atoms with van der Waals surface area (Å²) in [5.41, 5.74) is 0.0690. The predicted octanol–water partition coefficient (Wildman–Crippen LogP) is 1.28. The van der Waals surface area contributed by atoms with Gasteiger partial charge in [-0.2, -0.15) is 4.99 Å². The summed E-state index contributed by atoms with van der Waals surface area (Å²) in [4.78, 5) is 36.6. The van der Waals surface area contributed by atoms with Crippen molar-refractivity contribution >= 4 is 28.9 Å². The van der Waals surface area contributed by atoms with E-state index in [-0.39, 0.29) is 22.6 Å². The summed E-state index contributed by atoms with van der Waals surface area (Å²) in [6, 6.07) is 5.03. The van der Waals surface area contributed by atoms with Gasteiger partial charge in [0.2, 0.25) is 0 Å². The van der Waals surface area contributed by atoms with E-state index >= 15 is 0 Å². The molecular formula is C12H9N3O5S. The van der Waals surface area contributed by atoms with E-state index in [1.54, 1.807) is 5.38 Å². The number of carbonyl (C=O) groups is 2. The first-order valence-electron chi connectivity index (χ1n) is 5.66. The molecule has 108 valence electrons. The van der Waals surface area contributed by atoms with Crippen LogP contribution in [-0.2, 0) is 11.3 Å². The van der Waals surface area contributed by atoms with Crippen LogP contribution in [0.4, 0.5) is 5.69 Å². The Morgan fingerprint density at radius 2 is 2.00 bits per heavy atom. The van der Waals surface area contributed by atoms with Crippen LogP contribution in [0.25, 0.3) is 0 Å². The van der Waals surface area contributed by atoms with E-state index in [2.05, 4.69) is 4.99 Å². The van der Waals surface area contributed by atoms with Gasteiger partial charge in [0.05, 0.1) is 4.92 Å². The Hall–Kier alpha value is -2.81. The molecule has 1 amide bonds. The first-order valence-corrected chi connectivity index (χ1v) is 6.54. The summed E-state index contributed by atoms with van der Waals surface area (Å²) in [6.07, 6.45) is 1.51. The molecular weight excluding hydrogens is 298 g/mol. The number of nitro benzene ring substituents is 1. The van der Waals surface area contributed by atoms with Crippen molar-refractivity contribution < 1.29 is 19.6 Å². The second kappa shape index (κ2) is 6.09. The summed E-state index contributed by atoms with van der Waals surface area (Å²) in [6.45, 7) is -0.296. The van der Waals surface area contributed by atoms with E-state index in [9.17, 15) is 19.7 Å². The second-order valence-electron chi connectivity index (χ2n) is 3.93. The predicted molar refractivity (Wildman–Crippen MR) is 72.9 cm³/mol. The highest BCUT2D eigenvalue weighted by Gasteiger charge is 2.09. The summed E-state index contributed by atoms with van der Waals surface area (Å²) in [7, 11) is 0. The average Bonchev–Trinajstić information content (AvgIpc) is 2.85.